The van der Waals surface area contributed by atoms with Gasteiger partial charge in [-0.1, -0.05) is 43.2 Å². The van der Waals surface area contributed by atoms with Crippen molar-refractivity contribution in [2.45, 2.75) is 70.1 Å². The molecule has 9 nitrogen and oxygen atoms in total. The highest BCUT2D eigenvalue weighted by molar-refractivity contribution is 5.91. The number of carbonyl (C=O) groups excluding carboxylic acids is 3. The molecule has 9 heteroatoms. The van der Waals surface area contributed by atoms with Crippen molar-refractivity contribution in [1.29, 1.82) is 0 Å². The van der Waals surface area contributed by atoms with Gasteiger partial charge in [-0.2, -0.15) is 5.10 Å². The second-order valence-electron chi connectivity index (χ2n) is 10.2. The van der Waals surface area contributed by atoms with Crippen LogP contribution in [0.15, 0.2) is 35.4 Å². The summed E-state index contributed by atoms with van der Waals surface area (Å²) in [6.45, 7) is 1.79. The number of hydrogen-bond donors (Lipinski definition) is 2. The molecular formula is C26H36N6O3. The van der Waals surface area contributed by atoms with Crippen molar-refractivity contribution in [2.24, 2.45) is 22.7 Å². The second kappa shape index (κ2) is 10.3. The maximum atomic E-state index is 13.5. The van der Waals surface area contributed by atoms with E-state index in [0.717, 1.165) is 37.9 Å². The van der Waals surface area contributed by atoms with Gasteiger partial charge in [0.1, 0.15) is 5.84 Å². The van der Waals surface area contributed by atoms with Crippen LogP contribution in [0.3, 0.4) is 0 Å². The van der Waals surface area contributed by atoms with Gasteiger partial charge in [-0.05, 0) is 37.7 Å². The monoisotopic (exact) mass is 480 g/mol. The zero-order valence-electron chi connectivity index (χ0n) is 20.3. The molecule has 3 aliphatic heterocycles. The zero-order chi connectivity index (χ0) is 24.4. The van der Waals surface area contributed by atoms with Gasteiger partial charge in [-0.3, -0.25) is 19.8 Å². The van der Waals surface area contributed by atoms with Crippen LogP contribution in [0.4, 0.5) is 0 Å². The first kappa shape index (κ1) is 23.6. The summed E-state index contributed by atoms with van der Waals surface area (Å²) in [5, 5.41) is 4.63. The predicted octanol–water partition coefficient (Wildman–Crippen LogP) is 1.64. The number of fused-ring (bicyclic) bond motifs is 3. The van der Waals surface area contributed by atoms with Crippen molar-refractivity contribution in [3.8, 4) is 0 Å². The van der Waals surface area contributed by atoms with E-state index in [4.69, 9.17) is 5.73 Å². The Morgan fingerprint density at radius 3 is 2.51 bits per heavy atom. The topological polar surface area (TPSA) is 111 Å². The fourth-order valence-electron chi connectivity index (χ4n) is 6.15. The summed E-state index contributed by atoms with van der Waals surface area (Å²) in [6, 6.07) is 10.4. The zero-order valence-corrected chi connectivity index (χ0v) is 20.3. The summed E-state index contributed by atoms with van der Waals surface area (Å²) in [5.74, 6) is 0.790. The van der Waals surface area contributed by atoms with Crippen molar-refractivity contribution in [2.75, 3.05) is 19.6 Å². The van der Waals surface area contributed by atoms with E-state index in [1.165, 1.54) is 5.56 Å². The summed E-state index contributed by atoms with van der Waals surface area (Å²) in [6.07, 6.45) is 6.81. The molecule has 3 fully saturated rings. The number of likely N-dealkylation sites (tertiary alicyclic amines) is 1. The molecule has 0 bridgehead atoms. The van der Waals surface area contributed by atoms with Gasteiger partial charge >= 0.3 is 0 Å². The lowest BCUT2D eigenvalue weighted by atomic mass is 9.80. The van der Waals surface area contributed by atoms with Crippen LogP contribution >= 0.6 is 0 Å². The number of amides is 3. The van der Waals surface area contributed by atoms with Crippen LogP contribution in [0.2, 0.25) is 0 Å². The molecular weight excluding hydrogens is 444 g/mol. The molecule has 0 radical (unpaired) electrons. The van der Waals surface area contributed by atoms with Crippen LogP contribution in [0, 0.1) is 11.8 Å². The molecule has 3 N–H and O–H groups in total. The number of piperidine rings is 1. The minimum Gasteiger partial charge on any atom is -0.369 e. The van der Waals surface area contributed by atoms with Crippen molar-refractivity contribution in [3.63, 3.8) is 0 Å². The Hall–Kier alpha value is -3.10. The van der Waals surface area contributed by atoms with Crippen molar-refractivity contribution >= 4 is 23.6 Å². The highest BCUT2D eigenvalue weighted by Gasteiger charge is 2.50. The van der Waals surface area contributed by atoms with E-state index in [0.29, 0.717) is 45.3 Å². The average Bonchev–Trinajstić information content (AvgIpc) is 3.32. The van der Waals surface area contributed by atoms with Crippen molar-refractivity contribution in [1.82, 2.24) is 20.1 Å². The lowest BCUT2D eigenvalue weighted by Crippen LogP contribution is -2.67. The Balaban J connectivity index is 1.23. The quantitative estimate of drug-likeness (QED) is 0.616. The summed E-state index contributed by atoms with van der Waals surface area (Å²) in [7, 11) is 0. The Morgan fingerprint density at radius 2 is 1.77 bits per heavy atom. The summed E-state index contributed by atoms with van der Waals surface area (Å²) < 4.78 is 0. The normalized spacial score (nSPS) is 26.6. The number of amidine groups is 1. The average molecular weight is 481 g/mol. The molecule has 3 amide bonds. The van der Waals surface area contributed by atoms with E-state index in [9.17, 15) is 14.4 Å². The van der Waals surface area contributed by atoms with E-state index in [1.54, 1.807) is 0 Å². The number of nitrogens with one attached hydrogen (secondary N) is 1. The van der Waals surface area contributed by atoms with Crippen molar-refractivity contribution < 1.29 is 14.4 Å². The van der Waals surface area contributed by atoms with E-state index in [2.05, 4.69) is 27.6 Å². The number of benzene rings is 1. The van der Waals surface area contributed by atoms with Crippen LogP contribution in [-0.2, 0) is 20.8 Å². The third-order valence-electron chi connectivity index (χ3n) is 8.15. The van der Waals surface area contributed by atoms with E-state index < -0.39 is 0 Å². The Morgan fingerprint density at radius 1 is 1.03 bits per heavy atom. The maximum absolute atomic E-state index is 13.5. The maximum Gasteiger partial charge on any atom is 0.230 e. The SMILES string of the molecule is NC(=O)C1CCN(C(=O)CCC2=NNC3N(CCc4ccccc4)C(=O)C4CCCCC4N23)CC1. The van der Waals surface area contributed by atoms with Gasteiger partial charge in [0.25, 0.3) is 0 Å². The molecule has 1 saturated carbocycles. The van der Waals surface area contributed by atoms with Crippen LogP contribution in [0.1, 0.15) is 56.9 Å². The largest absolute Gasteiger partial charge is 0.369 e. The van der Waals surface area contributed by atoms with Gasteiger partial charge in [-0.25, -0.2) is 0 Å². The first-order chi connectivity index (χ1) is 17.0. The highest BCUT2D eigenvalue weighted by atomic mass is 16.2. The molecule has 188 valence electrons. The minimum absolute atomic E-state index is 0.00981. The van der Waals surface area contributed by atoms with Crippen LogP contribution in [0.5, 0.6) is 0 Å². The first-order valence-corrected chi connectivity index (χ1v) is 13.0. The standard InChI is InChI=1S/C26H36N6O3/c27-24(34)19-13-15-30(16-14-19)23(33)11-10-22-28-29-26-31(17-12-18-6-2-1-3-7-18)25(35)20-8-4-5-9-21(20)32(22)26/h1-3,6-7,19-21,26,29H,4-5,8-17H2,(H2,27,34). The van der Waals surface area contributed by atoms with Crippen LogP contribution < -0.4 is 11.2 Å². The second-order valence-corrected chi connectivity index (χ2v) is 10.2. The number of nitrogens with two attached hydrogens (primary N) is 1. The molecule has 5 rings (SSSR count). The van der Waals surface area contributed by atoms with Crippen LogP contribution in [0.25, 0.3) is 0 Å². The van der Waals surface area contributed by atoms with Gasteiger partial charge in [-0.15, -0.1) is 0 Å². The number of hydrazone groups is 1. The predicted molar refractivity (Wildman–Crippen MR) is 132 cm³/mol. The molecule has 3 heterocycles. The Labute approximate surface area is 206 Å². The fourth-order valence-corrected chi connectivity index (χ4v) is 6.15. The van der Waals surface area contributed by atoms with E-state index >= 15 is 0 Å². The molecule has 35 heavy (non-hydrogen) atoms. The molecule has 0 spiro atoms. The Kier molecular flexibility index (Phi) is 6.92. The highest BCUT2D eigenvalue weighted by Crippen LogP contribution is 2.38. The van der Waals surface area contributed by atoms with E-state index in [-0.39, 0.29) is 41.9 Å². The summed E-state index contributed by atoms with van der Waals surface area (Å²) in [5.41, 5.74) is 9.86. The Bertz CT molecular complexity index is 975. The lowest BCUT2D eigenvalue weighted by Gasteiger charge is -2.50. The lowest BCUT2D eigenvalue weighted by molar-refractivity contribution is -0.155. The smallest absolute Gasteiger partial charge is 0.230 e. The van der Waals surface area contributed by atoms with Crippen LogP contribution in [-0.4, -0.2) is 70.2 Å². The molecule has 1 aromatic rings. The minimum atomic E-state index is -0.276. The van der Waals surface area contributed by atoms with Gasteiger partial charge in [0, 0.05) is 44.4 Å². The summed E-state index contributed by atoms with van der Waals surface area (Å²) >= 11 is 0. The molecule has 0 aromatic heterocycles. The number of carbonyl (C=O) groups is 3. The van der Waals surface area contributed by atoms with Gasteiger partial charge < -0.3 is 20.4 Å². The van der Waals surface area contributed by atoms with E-state index in [1.807, 2.05) is 28.0 Å². The van der Waals surface area contributed by atoms with Gasteiger partial charge in [0.2, 0.25) is 17.7 Å². The number of primary amides is 1. The molecule has 3 atom stereocenters. The third kappa shape index (κ3) is 4.86. The first-order valence-electron chi connectivity index (χ1n) is 13.0. The molecule has 4 aliphatic rings. The molecule has 2 saturated heterocycles. The fraction of sp³-hybridized carbons (Fsp3) is 0.615. The molecule has 3 unspecified atom stereocenters. The number of nitrogens with zero attached hydrogens (tertiary/aromatic N) is 4. The van der Waals surface area contributed by atoms with Gasteiger partial charge in [0.15, 0.2) is 6.29 Å². The van der Waals surface area contributed by atoms with Crippen molar-refractivity contribution in [3.05, 3.63) is 35.9 Å². The number of rotatable bonds is 7. The van der Waals surface area contributed by atoms with Gasteiger partial charge in [0.05, 0.1) is 5.92 Å². The molecule has 1 aliphatic carbocycles. The number of hydrogen-bond acceptors (Lipinski definition) is 6. The summed E-state index contributed by atoms with van der Waals surface area (Å²) in [4.78, 5) is 43.9. The third-order valence-corrected chi connectivity index (χ3v) is 8.15. The molecule has 1 aromatic carbocycles.